The molecule has 0 aromatic heterocycles. The van der Waals surface area contributed by atoms with Gasteiger partial charge in [-0.25, -0.2) is 0 Å². The van der Waals surface area contributed by atoms with Crippen molar-refractivity contribution >= 4 is 5.96 Å². The highest BCUT2D eigenvalue weighted by Crippen LogP contribution is 2.24. The summed E-state index contributed by atoms with van der Waals surface area (Å²) in [6.45, 7) is 8.93. The first kappa shape index (κ1) is 22.3. The molecule has 1 aliphatic heterocycles. The van der Waals surface area contributed by atoms with Crippen LogP contribution in [-0.4, -0.2) is 54.8 Å². The van der Waals surface area contributed by atoms with Crippen LogP contribution >= 0.6 is 0 Å². The van der Waals surface area contributed by atoms with Crippen molar-refractivity contribution < 1.29 is 5.11 Å². The maximum atomic E-state index is 9.79. The second-order valence-electron chi connectivity index (χ2n) is 8.26. The first-order valence-corrected chi connectivity index (χ1v) is 11.2. The van der Waals surface area contributed by atoms with Gasteiger partial charge in [0, 0.05) is 38.1 Å². The van der Waals surface area contributed by atoms with Gasteiger partial charge in [0.25, 0.3) is 0 Å². The molecule has 0 saturated carbocycles. The summed E-state index contributed by atoms with van der Waals surface area (Å²) in [5.74, 6) is 1.46. The molecule has 2 aromatic rings. The van der Waals surface area contributed by atoms with Gasteiger partial charge in [-0.15, -0.1) is 0 Å². The lowest BCUT2D eigenvalue weighted by molar-refractivity contribution is 0.255. The van der Waals surface area contributed by atoms with Gasteiger partial charge in [0.2, 0.25) is 0 Å². The zero-order valence-corrected chi connectivity index (χ0v) is 18.3. The number of hydrogen-bond acceptors (Lipinski definition) is 3. The molecule has 1 heterocycles. The fourth-order valence-corrected chi connectivity index (χ4v) is 4.18. The smallest absolute Gasteiger partial charge is 0.191 e. The molecule has 30 heavy (non-hydrogen) atoms. The number of rotatable bonds is 9. The third-order valence-electron chi connectivity index (χ3n) is 5.88. The average Bonchev–Trinajstić information content (AvgIpc) is 3.13. The number of aliphatic hydroxyl groups is 1. The summed E-state index contributed by atoms with van der Waals surface area (Å²) in [6, 6.07) is 21.4. The topological polar surface area (TPSA) is 59.9 Å². The molecule has 0 aliphatic carbocycles. The van der Waals surface area contributed by atoms with E-state index in [-0.39, 0.29) is 12.5 Å². The van der Waals surface area contributed by atoms with Gasteiger partial charge in [-0.1, -0.05) is 60.7 Å². The lowest BCUT2D eigenvalue weighted by atomic mass is 10.0. The first-order valence-electron chi connectivity index (χ1n) is 11.2. The predicted octanol–water partition coefficient (Wildman–Crippen LogP) is 3.23. The molecule has 3 atom stereocenters. The highest BCUT2D eigenvalue weighted by Gasteiger charge is 2.28. The average molecular weight is 409 g/mol. The van der Waals surface area contributed by atoms with Crippen molar-refractivity contribution in [3.63, 3.8) is 0 Å². The number of likely N-dealkylation sites (tertiary alicyclic amines) is 1. The summed E-state index contributed by atoms with van der Waals surface area (Å²) in [7, 11) is 0. The van der Waals surface area contributed by atoms with E-state index < -0.39 is 0 Å². The Hall–Kier alpha value is -2.37. The molecule has 0 radical (unpaired) electrons. The Morgan fingerprint density at radius 1 is 1.10 bits per heavy atom. The summed E-state index contributed by atoms with van der Waals surface area (Å²) >= 11 is 0. The number of aliphatic hydroxyl groups excluding tert-OH is 1. The molecule has 1 saturated heterocycles. The van der Waals surface area contributed by atoms with Gasteiger partial charge in [0.1, 0.15) is 0 Å². The van der Waals surface area contributed by atoms with Crippen molar-refractivity contribution in [2.45, 2.75) is 38.8 Å². The molecule has 0 amide bonds. The van der Waals surface area contributed by atoms with E-state index in [0.717, 1.165) is 37.7 Å². The van der Waals surface area contributed by atoms with Crippen LogP contribution in [0, 0.1) is 5.92 Å². The van der Waals surface area contributed by atoms with Gasteiger partial charge < -0.3 is 15.7 Å². The zero-order chi connectivity index (χ0) is 21.2. The summed E-state index contributed by atoms with van der Waals surface area (Å²) in [5, 5.41) is 16.7. The minimum Gasteiger partial charge on any atom is -0.396 e. The molecule has 5 nitrogen and oxygen atoms in total. The van der Waals surface area contributed by atoms with Crippen molar-refractivity contribution in [1.29, 1.82) is 0 Å². The molecule has 3 N–H and O–H groups in total. The van der Waals surface area contributed by atoms with Crippen LogP contribution in [0.4, 0.5) is 0 Å². The molecule has 1 fully saturated rings. The SMILES string of the molecule is CCNC(=NCC(CO)c1ccccc1)NCC1CC(C)N(Cc2ccccc2)C1. The molecular weight excluding hydrogens is 372 g/mol. The Labute approximate surface area is 181 Å². The van der Waals surface area contributed by atoms with Gasteiger partial charge in [-0.2, -0.15) is 0 Å². The molecule has 3 unspecified atom stereocenters. The van der Waals surface area contributed by atoms with Crippen LogP contribution in [0.25, 0.3) is 0 Å². The van der Waals surface area contributed by atoms with Crippen LogP contribution in [-0.2, 0) is 6.54 Å². The van der Waals surface area contributed by atoms with Crippen molar-refractivity contribution in [2.75, 3.05) is 32.8 Å². The van der Waals surface area contributed by atoms with Crippen LogP contribution < -0.4 is 10.6 Å². The summed E-state index contributed by atoms with van der Waals surface area (Å²) in [6.07, 6.45) is 1.20. The monoisotopic (exact) mass is 408 g/mol. The Balaban J connectivity index is 1.52. The van der Waals surface area contributed by atoms with E-state index in [1.54, 1.807) is 0 Å². The minimum absolute atomic E-state index is 0.0227. The third-order valence-corrected chi connectivity index (χ3v) is 5.88. The molecule has 0 bridgehead atoms. The lowest BCUT2D eigenvalue weighted by Gasteiger charge is -2.21. The van der Waals surface area contributed by atoms with Crippen molar-refractivity contribution in [3.05, 3.63) is 71.8 Å². The van der Waals surface area contributed by atoms with E-state index >= 15 is 0 Å². The number of nitrogens with one attached hydrogen (secondary N) is 2. The van der Waals surface area contributed by atoms with E-state index in [2.05, 4.69) is 71.8 Å². The van der Waals surface area contributed by atoms with E-state index in [1.807, 2.05) is 18.2 Å². The van der Waals surface area contributed by atoms with Crippen molar-refractivity contribution in [2.24, 2.45) is 10.9 Å². The summed E-state index contributed by atoms with van der Waals surface area (Å²) in [5.41, 5.74) is 2.50. The fourth-order valence-electron chi connectivity index (χ4n) is 4.18. The highest BCUT2D eigenvalue weighted by molar-refractivity contribution is 5.79. The number of aliphatic imine (C=N–C) groups is 1. The van der Waals surface area contributed by atoms with Gasteiger partial charge in [0.05, 0.1) is 13.2 Å². The standard InChI is InChI=1S/C25H36N4O/c1-3-26-25(28-16-24(19-30)23-12-8-5-9-13-23)27-15-22-14-20(2)29(18-22)17-21-10-6-4-7-11-21/h4-13,20,22,24,30H,3,14-19H2,1-2H3,(H2,26,27,28). The van der Waals surface area contributed by atoms with Crippen LogP contribution in [0.3, 0.4) is 0 Å². The normalized spacial score (nSPS) is 20.8. The second-order valence-corrected chi connectivity index (χ2v) is 8.26. The van der Waals surface area contributed by atoms with E-state index in [9.17, 15) is 5.11 Å². The minimum atomic E-state index is 0.0227. The maximum Gasteiger partial charge on any atom is 0.191 e. The zero-order valence-electron chi connectivity index (χ0n) is 18.3. The molecule has 1 aliphatic rings. The second kappa shape index (κ2) is 11.7. The molecule has 3 rings (SSSR count). The molecule has 162 valence electrons. The van der Waals surface area contributed by atoms with Crippen LogP contribution in [0.15, 0.2) is 65.7 Å². The molecular formula is C25H36N4O. The van der Waals surface area contributed by atoms with Crippen LogP contribution in [0.5, 0.6) is 0 Å². The molecule has 0 spiro atoms. The highest BCUT2D eigenvalue weighted by atomic mass is 16.3. The molecule has 2 aromatic carbocycles. The van der Waals surface area contributed by atoms with Gasteiger partial charge >= 0.3 is 0 Å². The molecule has 5 heteroatoms. The number of benzene rings is 2. The van der Waals surface area contributed by atoms with Crippen molar-refractivity contribution in [3.8, 4) is 0 Å². The van der Waals surface area contributed by atoms with Gasteiger partial charge in [0.15, 0.2) is 5.96 Å². The largest absolute Gasteiger partial charge is 0.396 e. The van der Waals surface area contributed by atoms with Crippen LogP contribution in [0.2, 0.25) is 0 Å². The van der Waals surface area contributed by atoms with E-state index in [0.29, 0.717) is 18.5 Å². The Morgan fingerprint density at radius 3 is 2.47 bits per heavy atom. The van der Waals surface area contributed by atoms with Crippen molar-refractivity contribution in [1.82, 2.24) is 15.5 Å². The van der Waals surface area contributed by atoms with E-state index in [1.165, 1.54) is 12.0 Å². The summed E-state index contributed by atoms with van der Waals surface area (Å²) < 4.78 is 0. The number of nitrogens with zero attached hydrogens (tertiary/aromatic N) is 2. The maximum absolute atomic E-state index is 9.79. The van der Waals surface area contributed by atoms with Gasteiger partial charge in [-0.3, -0.25) is 9.89 Å². The van der Waals surface area contributed by atoms with E-state index in [4.69, 9.17) is 4.99 Å². The fraction of sp³-hybridized carbons (Fsp3) is 0.480. The lowest BCUT2D eigenvalue weighted by Crippen LogP contribution is -2.40. The van der Waals surface area contributed by atoms with Crippen LogP contribution in [0.1, 0.15) is 37.3 Å². The summed E-state index contributed by atoms with van der Waals surface area (Å²) in [4.78, 5) is 7.32. The Kier molecular flexibility index (Phi) is 8.72. The van der Waals surface area contributed by atoms with Gasteiger partial charge in [-0.05, 0) is 37.3 Å². The third kappa shape index (κ3) is 6.57. The first-order chi connectivity index (χ1) is 14.7. The quantitative estimate of drug-likeness (QED) is 0.440. The predicted molar refractivity (Wildman–Crippen MR) is 125 cm³/mol. The Morgan fingerprint density at radius 2 is 1.80 bits per heavy atom. The Bertz CT molecular complexity index is 765. The number of guanidine groups is 1. The number of hydrogen-bond donors (Lipinski definition) is 3.